The zero-order valence-electron chi connectivity index (χ0n) is 27.2. The first-order valence-corrected chi connectivity index (χ1v) is 16.9. The number of piperidine rings is 1. The number of hydrogen-bond acceptors (Lipinski definition) is 7. The van der Waals surface area contributed by atoms with Crippen molar-refractivity contribution in [1.82, 2.24) is 19.7 Å². The molecule has 0 saturated carbocycles. The van der Waals surface area contributed by atoms with Gasteiger partial charge < -0.3 is 15.0 Å². The number of rotatable bonds is 6. The lowest BCUT2D eigenvalue weighted by atomic mass is 9.92. The van der Waals surface area contributed by atoms with Crippen LogP contribution in [-0.4, -0.2) is 70.0 Å². The summed E-state index contributed by atoms with van der Waals surface area (Å²) in [5.41, 5.74) is 2.47. The van der Waals surface area contributed by atoms with Gasteiger partial charge in [-0.15, -0.1) is 0 Å². The topological polar surface area (TPSA) is 156 Å². The van der Waals surface area contributed by atoms with Gasteiger partial charge in [-0.25, -0.2) is 23.2 Å². The molecular weight excluding hydrogens is 646 g/mol. The van der Waals surface area contributed by atoms with E-state index in [1.54, 1.807) is 16.8 Å². The summed E-state index contributed by atoms with van der Waals surface area (Å²) in [6.45, 7) is 8.74. The fraction of sp³-hybridized carbons (Fsp3) is 0.333. The summed E-state index contributed by atoms with van der Waals surface area (Å²) in [7, 11) is -3.67. The van der Waals surface area contributed by atoms with Crippen molar-refractivity contribution in [2.75, 3.05) is 30.0 Å². The highest BCUT2D eigenvalue weighted by atomic mass is 32.2. The van der Waals surface area contributed by atoms with Gasteiger partial charge in [0, 0.05) is 55.4 Å². The summed E-state index contributed by atoms with van der Waals surface area (Å²) in [5.74, 6) is -1.61. The number of hydrogen-bond donors (Lipinski definition) is 3. The van der Waals surface area contributed by atoms with Crippen LogP contribution >= 0.6 is 0 Å². The highest BCUT2D eigenvalue weighted by Gasteiger charge is 2.28. The molecule has 0 unspecified atom stereocenters. The molecule has 15 heteroatoms. The van der Waals surface area contributed by atoms with Crippen molar-refractivity contribution in [3.8, 4) is 11.6 Å². The second-order valence-corrected chi connectivity index (χ2v) is 13.8. The number of pyridine rings is 1. The zero-order chi connectivity index (χ0) is 35.2. The SMILES string of the molecule is CS(=O)(=O)O.Cc1ccc(-n2nc(C(C)(C)C)cc2NC(=O)Nc2ccnc(OC3CCN(C(=O)c4c(F)cccc4F)CC3)c2)cc1. The van der Waals surface area contributed by atoms with E-state index in [1.165, 1.54) is 17.2 Å². The number of nitrogens with zero attached hydrogens (tertiary/aromatic N) is 4. The van der Waals surface area contributed by atoms with E-state index in [4.69, 9.17) is 14.4 Å². The molecule has 3 heterocycles. The van der Waals surface area contributed by atoms with Crippen molar-refractivity contribution >= 4 is 33.6 Å². The molecule has 2 aromatic carbocycles. The largest absolute Gasteiger partial charge is 0.474 e. The van der Waals surface area contributed by atoms with Gasteiger partial charge in [0.1, 0.15) is 29.1 Å². The lowest BCUT2D eigenvalue weighted by molar-refractivity contribution is 0.0579. The number of urea groups is 1. The van der Waals surface area contributed by atoms with Crippen LogP contribution in [0.1, 0.15) is 55.2 Å². The number of carbonyl (C=O) groups is 2. The average Bonchev–Trinajstić information content (AvgIpc) is 3.41. The predicted octanol–water partition coefficient (Wildman–Crippen LogP) is 5.98. The molecule has 2 aromatic heterocycles. The van der Waals surface area contributed by atoms with Gasteiger partial charge in [0.2, 0.25) is 5.88 Å². The first-order valence-electron chi connectivity index (χ1n) is 15.0. The molecule has 0 spiro atoms. The Kier molecular flexibility index (Phi) is 11.2. The minimum atomic E-state index is -3.67. The number of ether oxygens (including phenoxy) is 1. The number of carbonyl (C=O) groups excluding carboxylic acids is 2. The van der Waals surface area contributed by atoms with Crippen LogP contribution in [0, 0.1) is 18.6 Å². The molecule has 1 aliphatic heterocycles. The summed E-state index contributed by atoms with van der Waals surface area (Å²) < 4.78 is 61.7. The minimum absolute atomic E-state index is 0.225. The number of aromatic nitrogens is 3. The van der Waals surface area contributed by atoms with E-state index in [2.05, 4.69) is 36.4 Å². The Morgan fingerprint density at radius 2 is 1.58 bits per heavy atom. The van der Waals surface area contributed by atoms with Crippen LogP contribution in [0.2, 0.25) is 0 Å². The van der Waals surface area contributed by atoms with E-state index in [-0.39, 0.29) is 24.6 Å². The highest BCUT2D eigenvalue weighted by Crippen LogP contribution is 2.27. The summed E-state index contributed by atoms with van der Waals surface area (Å²) in [5, 5.41) is 10.5. The molecule has 1 fully saturated rings. The first kappa shape index (κ1) is 36.0. The van der Waals surface area contributed by atoms with Gasteiger partial charge in [0.05, 0.1) is 17.6 Å². The van der Waals surface area contributed by atoms with E-state index in [0.717, 1.165) is 29.1 Å². The molecular formula is C33H38F2N6O6S. The summed E-state index contributed by atoms with van der Waals surface area (Å²) in [4.78, 5) is 31.4. The van der Waals surface area contributed by atoms with Gasteiger partial charge in [-0.3, -0.25) is 14.7 Å². The Bertz CT molecular complexity index is 1840. The van der Waals surface area contributed by atoms with E-state index in [9.17, 15) is 26.8 Å². The summed E-state index contributed by atoms with van der Waals surface area (Å²) in [6.07, 6.45) is 2.90. The standard InChI is InChI=1S/C32H34F2N6O3.CH4O3S/c1-20-8-10-22(11-9-20)40-27(19-26(38-40)32(2,3)4)37-31(42)36-21-12-15-35-28(18-21)43-23-13-16-39(17-14-23)30(41)29-24(33)6-5-7-25(29)34;1-5(2,3)4/h5-12,15,18-19,23H,13-14,16-17H2,1-4H3,(H2,35,36,37,42);1H3,(H,2,3,4). The maximum absolute atomic E-state index is 14.1. The van der Waals surface area contributed by atoms with Gasteiger partial charge in [-0.2, -0.15) is 13.5 Å². The van der Waals surface area contributed by atoms with Crippen LogP contribution in [0.15, 0.2) is 66.9 Å². The number of halogens is 2. The molecule has 3 amide bonds. The summed E-state index contributed by atoms with van der Waals surface area (Å²) in [6, 6.07) is 15.9. The smallest absolute Gasteiger partial charge is 0.324 e. The van der Waals surface area contributed by atoms with Crippen molar-refractivity contribution in [2.24, 2.45) is 0 Å². The molecule has 0 aliphatic carbocycles. The third kappa shape index (κ3) is 10.1. The van der Waals surface area contributed by atoms with Crippen molar-refractivity contribution in [2.45, 2.75) is 52.1 Å². The molecule has 1 saturated heterocycles. The highest BCUT2D eigenvalue weighted by molar-refractivity contribution is 7.85. The second kappa shape index (κ2) is 14.9. The van der Waals surface area contributed by atoms with Gasteiger partial charge in [-0.05, 0) is 37.3 Å². The van der Waals surface area contributed by atoms with Gasteiger partial charge in [0.15, 0.2) is 0 Å². The van der Waals surface area contributed by atoms with Crippen molar-refractivity contribution in [3.63, 3.8) is 0 Å². The quantitative estimate of drug-likeness (QED) is 0.210. The number of aryl methyl sites for hydroxylation is 1. The van der Waals surface area contributed by atoms with E-state index < -0.39 is 39.3 Å². The fourth-order valence-electron chi connectivity index (χ4n) is 4.76. The molecule has 48 heavy (non-hydrogen) atoms. The van der Waals surface area contributed by atoms with E-state index >= 15 is 0 Å². The van der Waals surface area contributed by atoms with Gasteiger partial charge in [0.25, 0.3) is 16.0 Å². The predicted molar refractivity (Wildman–Crippen MR) is 177 cm³/mol. The minimum Gasteiger partial charge on any atom is -0.474 e. The Balaban J connectivity index is 0.000000968. The Morgan fingerprint density at radius 3 is 2.17 bits per heavy atom. The molecule has 4 aromatic rings. The van der Waals surface area contributed by atoms with Crippen LogP contribution in [0.25, 0.3) is 5.69 Å². The maximum Gasteiger partial charge on any atom is 0.324 e. The van der Waals surface area contributed by atoms with Crippen LogP contribution in [0.5, 0.6) is 5.88 Å². The number of nitrogens with one attached hydrogen (secondary N) is 2. The van der Waals surface area contributed by atoms with Crippen LogP contribution < -0.4 is 15.4 Å². The molecule has 0 radical (unpaired) electrons. The number of likely N-dealkylation sites (tertiary alicyclic amines) is 1. The van der Waals surface area contributed by atoms with E-state index in [1.807, 2.05) is 37.3 Å². The van der Waals surface area contributed by atoms with Gasteiger partial charge >= 0.3 is 6.03 Å². The normalized spacial score (nSPS) is 13.7. The number of amides is 3. The third-order valence-electron chi connectivity index (χ3n) is 7.18. The van der Waals surface area contributed by atoms with Crippen LogP contribution in [-0.2, 0) is 15.5 Å². The Morgan fingerprint density at radius 1 is 0.979 bits per heavy atom. The number of benzene rings is 2. The molecule has 12 nitrogen and oxygen atoms in total. The van der Waals surface area contributed by atoms with Crippen molar-refractivity contribution in [1.29, 1.82) is 0 Å². The lowest BCUT2D eigenvalue weighted by Crippen LogP contribution is -2.42. The van der Waals surface area contributed by atoms with E-state index in [0.29, 0.717) is 36.5 Å². The molecule has 0 bridgehead atoms. The molecule has 1 aliphatic rings. The Hall–Kier alpha value is -4.89. The first-order chi connectivity index (χ1) is 22.5. The molecule has 0 atom stereocenters. The second-order valence-electron chi connectivity index (χ2n) is 12.3. The molecule has 5 rings (SSSR count). The monoisotopic (exact) mass is 684 g/mol. The maximum atomic E-state index is 14.1. The molecule has 3 N–H and O–H groups in total. The zero-order valence-corrected chi connectivity index (χ0v) is 28.0. The van der Waals surface area contributed by atoms with Gasteiger partial charge in [-0.1, -0.05) is 44.5 Å². The van der Waals surface area contributed by atoms with Crippen LogP contribution in [0.3, 0.4) is 0 Å². The molecule has 256 valence electrons. The van der Waals surface area contributed by atoms with Crippen molar-refractivity contribution in [3.05, 3.63) is 95.3 Å². The fourth-order valence-corrected chi connectivity index (χ4v) is 4.76. The Labute approximate surface area is 277 Å². The summed E-state index contributed by atoms with van der Waals surface area (Å²) >= 11 is 0. The van der Waals surface area contributed by atoms with Crippen LogP contribution in [0.4, 0.5) is 25.1 Å². The average molecular weight is 685 g/mol. The third-order valence-corrected chi connectivity index (χ3v) is 7.18. The number of anilines is 2. The lowest BCUT2D eigenvalue weighted by Gasteiger charge is -2.32. The van der Waals surface area contributed by atoms with Crippen molar-refractivity contribution < 1.29 is 36.1 Å².